The molecule has 142 valence electrons. The zero-order valence-corrected chi connectivity index (χ0v) is 17.4. The molecule has 3 aromatic heterocycles. The van der Waals surface area contributed by atoms with E-state index in [9.17, 15) is 4.79 Å². The SMILES string of the molecule is CSc1nc(C)c(CCC(=O)N(Cc2ccco2)Cc2cccs2)c(C)n1. The molecule has 3 rings (SSSR count). The van der Waals surface area contributed by atoms with Gasteiger partial charge in [0.05, 0.1) is 19.4 Å². The van der Waals surface area contributed by atoms with Crippen molar-refractivity contribution >= 4 is 29.0 Å². The molecular formula is C20H23N3O2S2. The lowest BCUT2D eigenvalue weighted by molar-refractivity contribution is -0.132. The van der Waals surface area contributed by atoms with E-state index >= 15 is 0 Å². The average Bonchev–Trinajstić information content (AvgIpc) is 3.34. The van der Waals surface area contributed by atoms with Gasteiger partial charge in [0.2, 0.25) is 5.91 Å². The van der Waals surface area contributed by atoms with Crippen LogP contribution in [0.3, 0.4) is 0 Å². The van der Waals surface area contributed by atoms with Gasteiger partial charge in [0.1, 0.15) is 5.76 Å². The van der Waals surface area contributed by atoms with Crippen LogP contribution in [0.15, 0.2) is 45.5 Å². The molecule has 7 heteroatoms. The second-order valence-corrected chi connectivity index (χ2v) is 8.07. The molecule has 27 heavy (non-hydrogen) atoms. The monoisotopic (exact) mass is 401 g/mol. The maximum atomic E-state index is 13.0. The molecule has 3 heterocycles. The number of hydrogen-bond donors (Lipinski definition) is 0. The first kappa shape index (κ1) is 19.6. The Morgan fingerprint density at radius 2 is 1.96 bits per heavy atom. The van der Waals surface area contributed by atoms with E-state index in [0.29, 0.717) is 25.9 Å². The molecule has 0 aliphatic rings. The van der Waals surface area contributed by atoms with E-state index in [4.69, 9.17) is 4.42 Å². The summed E-state index contributed by atoms with van der Waals surface area (Å²) in [5.74, 6) is 0.896. The highest BCUT2D eigenvalue weighted by atomic mass is 32.2. The van der Waals surface area contributed by atoms with Crippen LogP contribution >= 0.6 is 23.1 Å². The van der Waals surface area contributed by atoms with Crippen molar-refractivity contribution in [2.75, 3.05) is 6.26 Å². The highest BCUT2D eigenvalue weighted by molar-refractivity contribution is 7.98. The largest absolute Gasteiger partial charge is 0.467 e. The van der Waals surface area contributed by atoms with Gasteiger partial charge in [-0.05, 0) is 55.7 Å². The number of carbonyl (C=O) groups excluding carboxylic acids is 1. The average molecular weight is 402 g/mol. The van der Waals surface area contributed by atoms with Gasteiger partial charge in [-0.1, -0.05) is 17.8 Å². The molecule has 0 aliphatic carbocycles. The second kappa shape index (κ2) is 9.19. The summed E-state index contributed by atoms with van der Waals surface area (Å²) in [6.07, 6.45) is 4.68. The van der Waals surface area contributed by atoms with Gasteiger partial charge in [-0.3, -0.25) is 4.79 Å². The Kier molecular flexibility index (Phi) is 6.68. The highest BCUT2D eigenvalue weighted by Crippen LogP contribution is 2.20. The van der Waals surface area contributed by atoms with Crippen LogP contribution in [-0.4, -0.2) is 27.0 Å². The second-order valence-electron chi connectivity index (χ2n) is 6.27. The quantitative estimate of drug-likeness (QED) is 0.407. The Morgan fingerprint density at radius 3 is 2.56 bits per heavy atom. The number of amides is 1. The summed E-state index contributed by atoms with van der Waals surface area (Å²) in [5, 5.41) is 2.81. The Morgan fingerprint density at radius 1 is 1.19 bits per heavy atom. The van der Waals surface area contributed by atoms with Crippen LogP contribution in [0.4, 0.5) is 0 Å². The van der Waals surface area contributed by atoms with Gasteiger partial charge in [0, 0.05) is 22.7 Å². The fourth-order valence-corrected chi connectivity index (χ4v) is 4.14. The molecule has 0 radical (unpaired) electrons. The molecule has 0 N–H and O–H groups in total. The standard InChI is InChI=1S/C20H23N3O2S2/c1-14-18(15(2)22-20(21-14)26-3)8-9-19(24)23(12-16-6-4-10-25-16)13-17-7-5-11-27-17/h4-7,10-11H,8-9,12-13H2,1-3H3. The maximum Gasteiger partial charge on any atom is 0.223 e. The van der Waals surface area contributed by atoms with Crippen molar-refractivity contribution in [1.29, 1.82) is 0 Å². The zero-order chi connectivity index (χ0) is 19.2. The van der Waals surface area contributed by atoms with Crippen LogP contribution < -0.4 is 0 Å². The number of rotatable bonds is 8. The number of hydrogen-bond acceptors (Lipinski definition) is 6. The van der Waals surface area contributed by atoms with Crippen LogP contribution in [0.2, 0.25) is 0 Å². The van der Waals surface area contributed by atoms with Crippen LogP contribution in [0.5, 0.6) is 0 Å². The molecule has 5 nitrogen and oxygen atoms in total. The smallest absolute Gasteiger partial charge is 0.223 e. The van der Waals surface area contributed by atoms with Crippen molar-refractivity contribution in [3.05, 3.63) is 63.5 Å². The van der Waals surface area contributed by atoms with E-state index in [-0.39, 0.29) is 5.91 Å². The van der Waals surface area contributed by atoms with Crippen molar-refractivity contribution in [3.8, 4) is 0 Å². The number of thioether (sulfide) groups is 1. The van der Waals surface area contributed by atoms with Crippen LogP contribution in [0.1, 0.15) is 34.0 Å². The number of furan rings is 1. The molecule has 0 saturated heterocycles. The molecule has 3 aromatic rings. The minimum absolute atomic E-state index is 0.104. The summed E-state index contributed by atoms with van der Waals surface area (Å²) < 4.78 is 5.45. The van der Waals surface area contributed by atoms with E-state index in [1.807, 2.05) is 48.6 Å². The van der Waals surface area contributed by atoms with E-state index in [2.05, 4.69) is 16.0 Å². The summed E-state index contributed by atoms with van der Waals surface area (Å²) in [6, 6.07) is 7.81. The Balaban J connectivity index is 1.70. The number of carbonyl (C=O) groups is 1. The van der Waals surface area contributed by atoms with E-state index in [1.165, 1.54) is 11.8 Å². The third kappa shape index (κ3) is 5.20. The van der Waals surface area contributed by atoms with Gasteiger partial charge in [-0.15, -0.1) is 11.3 Å². The molecule has 0 unspecified atom stereocenters. The van der Waals surface area contributed by atoms with Gasteiger partial charge < -0.3 is 9.32 Å². The Bertz CT molecular complexity index is 818. The van der Waals surface area contributed by atoms with E-state index < -0.39 is 0 Å². The van der Waals surface area contributed by atoms with E-state index in [0.717, 1.165) is 32.7 Å². The number of thiophene rings is 1. The number of nitrogens with zero attached hydrogens (tertiary/aromatic N) is 3. The summed E-state index contributed by atoms with van der Waals surface area (Å²) >= 11 is 3.19. The normalized spacial score (nSPS) is 10.9. The van der Waals surface area contributed by atoms with Crippen LogP contribution in [0.25, 0.3) is 0 Å². The molecule has 1 amide bonds. The molecule has 0 bridgehead atoms. The third-order valence-electron chi connectivity index (χ3n) is 4.38. The predicted molar refractivity (Wildman–Crippen MR) is 109 cm³/mol. The van der Waals surface area contributed by atoms with Crippen LogP contribution in [-0.2, 0) is 24.3 Å². The lowest BCUT2D eigenvalue weighted by atomic mass is 10.1. The lowest BCUT2D eigenvalue weighted by Crippen LogP contribution is -2.30. The highest BCUT2D eigenvalue weighted by Gasteiger charge is 2.18. The molecule has 0 atom stereocenters. The van der Waals surface area contributed by atoms with Gasteiger partial charge in [-0.2, -0.15) is 0 Å². The Labute approximate surface area is 167 Å². The van der Waals surface area contributed by atoms with E-state index in [1.54, 1.807) is 17.6 Å². The first-order chi connectivity index (χ1) is 13.1. The van der Waals surface area contributed by atoms with Gasteiger partial charge in [0.15, 0.2) is 5.16 Å². The number of aryl methyl sites for hydroxylation is 2. The fourth-order valence-electron chi connectivity index (χ4n) is 2.97. The van der Waals surface area contributed by atoms with Crippen molar-refractivity contribution in [2.45, 2.75) is 44.9 Å². The Hall–Kier alpha value is -2.12. The first-order valence-electron chi connectivity index (χ1n) is 8.77. The van der Waals surface area contributed by atoms with Crippen LogP contribution in [0, 0.1) is 13.8 Å². The van der Waals surface area contributed by atoms with Gasteiger partial charge >= 0.3 is 0 Å². The molecule has 0 spiro atoms. The third-order valence-corrected chi connectivity index (χ3v) is 5.79. The van der Waals surface area contributed by atoms with Crippen molar-refractivity contribution in [3.63, 3.8) is 0 Å². The topological polar surface area (TPSA) is 59.2 Å². The summed E-state index contributed by atoms with van der Waals surface area (Å²) in [5.41, 5.74) is 2.97. The number of aromatic nitrogens is 2. The minimum Gasteiger partial charge on any atom is -0.467 e. The zero-order valence-electron chi connectivity index (χ0n) is 15.8. The molecule has 0 aliphatic heterocycles. The maximum absolute atomic E-state index is 13.0. The molecule has 0 saturated carbocycles. The van der Waals surface area contributed by atoms with Gasteiger partial charge in [0.25, 0.3) is 0 Å². The summed E-state index contributed by atoms with van der Waals surface area (Å²) in [6.45, 7) is 5.04. The van der Waals surface area contributed by atoms with Crippen molar-refractivity contribution in [2.24, 2.45) is 0 Å². The lowest BCUT2D eigenvalue weighted by Gasteiger charge is -2.21. The van der Waals surface area contributed by atoms with Gasteiger partial charge in [-0.25, -0.2) is 9.97 Å². The molecular weight excluding hydrogens is 378 g/mol. The minimum atomic E-state index is 0.104. The first-order valence-corrected chi connectivity index (χ1v) is 10.9. The fraction of sp³-hybridized carbons (Fsp3) is 0.350. The van der Waals surface area contributed by atoms with Crippen molar-refractivity contribution in [1.82, 2.24) is 14.9 Å². The predicted octanol–water partition coefficient (Wildman–Crippen LogP) is 4.63. The summed E-state index contributed by atoms with van der Waals surface area (Å²) in [7, 11) is 0. The van der Waals surface area contributed by atoms with Crippen molar-refractivity contribution < 1.29 is 9.21 Å². The molecule has 0 aromatic carbocycles. The summed E-state index contributed by atoms with van der Waals surface area (Å²) in [4.78, 5) is 25.0. The molecule has 0 fully saturated rings.